The van der Waals surface area contributed by atoms with E-state index in [4.69, 9.17) is 9.88 Å². The van der Waals surface area contributed by atoms with E-state index >= 15 is 0 Å². The average molecular weight is 338 g/mol. The van der Waals surface area contributed by atoms with Crippen molar-refractivity contribution in [2.75, 3.05) is 12.4 Å². The minimum atomic E-state index is -3.91. The molecule has 23 heavy (non-hydrogen) atoms. The molecule has 126 valence electrons. The quantitative estimate of drug-likeness (QED) is 0.859. The molecule has 3 rings (SSSR count). The van der Waals surface area contributed by atoms with Crippen LogP contribution < -0.4 is 15.2 Å². The van der Waals surface area contributed by atoms with Crippen LogP contribution in [-0.4, -0.2) is 21.4 Å². The molecule has 1 amide bonds. The molecule has 3 unspecified atom stereocenters. The van der Waals surface area contributed by atoms with Crippen molar-refractivity contribution in [1.82, 2.24) is 0 Å². The highest BCUT2D eigenvalue weighted by atomic mass is 32.2. The summed E-state index contributed by atoms with van der Waals surface area (Å²) in [5.41, 5.74) is 0.419. The van der Waals surface area contributed by atoms with Crippen LogP contribution >= 0.6 is 0 Å². The predicted octanol–water partition coefficient (Wildman–Crippen LogP) is 2.11. The monoisotopic (exact) mass is 338 g/mol. The molecule has 2 fully saturated rings. The Kier molecular flexibility index (Phi) is 4.33. The van der Waals surface area contributed by atoms with Gasteiger partial charge in [0.25, 0.3) is 0 Å². The number of carbonyl (C=O) groups is 1. The van der Waals surface area contributed by atoms with Gasteiger partial charge in [0.1, 0.15) is 10.6 Å². The lowest BCUT2D eigenvalue weighted by Crippen LogP contribution is -2.20. The van der Waals surface area contributed by atoms with Gasteiger partial charge in [-0.05, 0) is 55.2 Å². The van der Waals surface area contributed by atoms with Crippen molar-refractivity contribution in [2.24, 2.45) is 22.9 Å². The van der Waals surface area contributed by atoms with E-state index in [1.54, 1.807) is 6.07 Å². The van der Waals surface area contributed by atoms with Gasteiger partial charge in [0.15, 0.2) is 0 Å². The van der Waals surface area contributed by atoms with Gasteiger partial charge >= 0.3 is 0 Å². The topological polar surface area (TPSA) is 98.5 Å². The van der Waals surface area contributed by atoms with Crippen molar-refractivity contribution >= 4 is 21.6 Å². The Hall–Kier alpha value is -1.60. The largest absolute Gasteiger partial charge is 0.495 e. The molecule has 0 saturated heterocycles. The Morgan fingerprint density at radius 2 is 2.13 bits per heavy atom. The third kappa shape index (κ3) is 3.50. The van der Waals surface area contributed by atoms with E-state index in [2.05, 4.69) is 5.32 Å². The van der Waals surface area contributed by atoms with Crippen LogP contribution in [0.15, 0.2) is 23.1 Å². The lowest BCUT2D eigenvalue weighted by atomic mass is 9.86. The zero-order chi connectivity index (χ0) is 16.6. The van der Waals surface area contributed by atoms with Crippen molar-refractivity contribution < 1.29 is 17.9 Å². The van der Waals surface area contributed by atoms with Crippen molar-refractivity contribution in [3.63, 3.8) is 0 Å². The van der Waals surface area contributed by atoms with E-state index in [0.29, 0.717) is 23.9 Å². The molecule has 1 aromatic carbocycles. The summed E-state index contributed by atoms with van der Waals surface area (Å²) in [6.45, 7) is 0. The van der Waals surface area contributed by atoms with Gasteiger partial charge in [-0.3, -0.25) is 4.79 Å². The van der Waals surface area contributed by atoms with Crippen molar-refractivity contribution in [2.45, 2.75) is 37.0 Å². The van der Waals surface area contributed by atoms with Crippen LogP contribution in [-0.2, 0) is 14.8 Å². The van der Waals surface area contributed by atoms with Crippen molar-refractivity contribution in [1.29, 1.82) is 0 Å². The number of anilines is 1. The molecule has 2 aliphatic carbocycles. The second-order valence-electron chi connectivity index (χ2n) is 6.60. The summed E-state index contributed by atoms with van der Waals surface area (Å²) in [7, 11) is -2.54. The van der Waals surface area contributed by atoms with E-state index in [1.807, 2.05) is 0 Å². The van der Waals surface area contributed by atoms with Gasteiger partial charge in [0, 0.05) is 12.1 Å². The zero-order valence-electron chi connectivity index (χ0n) is 13.1. The second kappa shape index (κ2) is 6.13. The Bertz CT molecular complexity index is 717. The molecule has 0 heterocycles. The molecule has 6 nitrogen and oxygen atoms in total. The molecule has 0 aromatic heterocycles. The number of benzene rings is 1. The van der Waals surface area contributed by atoms with Gasteiger partial charge in [-0.15, -0.1) is 0 Å². The average Bonchev–Trinajstić information content (AvgIpc) is 3.08. The van der Waals surface area contributed by atoms with Crippen molar-refractivity contribution in [3.05, 3.63) is 18.2 Å². The first-order valence-corrected chi connectivity index (χ1v) is 9.42. The molecular formula is C16H22N2O4S. The summed E-state index contributed by atoms with van der Waals surface area (Å²) in [5.74, 6) is 2.03. The van der Waals surface area contributed by atoms with E-state index in [1.165, 1.54) is 38.5 Å². The zero-order valence-corrected chi connectivity index (χ0v) is 13.9. The summed E-state index contributed by atoms with van der Waals surface area (Å²) in [6.07, 6.45) is 5.44. The smallest absolute Gasteiger partial charge is 0.241 e. The maximum absolute atomic E-state index is 12.2. The van der Waals surface area contributed by atoms with Crippen LogP contribution in [0.5, 0.6) is 5.75 Å². The standard InChI is InChI=1S/C16H22N2O4S/c1-22-14-5-4-13(9-15(14)23(17,20)21)18-16(19)8-12-7-10-2-3-11(12)6-10/h4-5,9-12H,2-3,6-8H2,1H3,(H,18,19)(H2,17,20,21). The van der Waals surface area contributed by atoms with Crippen LogP contribution in [0.2, 0.25) is 0 Å². The molecule has 2 saturated carbocycles. The van der Waals surface area contributed by atoms with Crippen molar-refractivity contribution in [3.8, 4) is 5.75 Å². The van der Waals surface area contributed by atoms with Crippen LogP contribution in [0.1, 0.15) is 32.1 Å². The number of rotatable bonds is 5. The Morgan fingerprint density at radius 3 is 2.70 bits per heavy atom. The fourth-order valence-corrected chi connectivity index (χ4v) is 4.78. The maximum atomic E-state index is 12.2. The van der Waals surface area contributed by atoms with Gasteiger partial charge in [-0.2, -0.15) is 0 Å². The van der Waals surface area contributed by atoms with E-state index < -0.39 is 10.0 Å². The van der Waals surface area contributed by atoms with Crippen LogP contribution in [0.3, 0.4) is 0 Å². The Balaban J connectivity index is 1.69. The number of primary sulfonamides is 1. The summed E-state index contributed by atoms with van der Waals surface area (Å²) in [6, 6.07) is 4.45. The lowest BCUT2D eigenvalue weighted by molar-refractivity contribution is -0.117. The number of methoxy groups -OCH3 is 1. The Morgan fingerprint density at radius 1 is 1.35 bits per heavy atom. The third-order valence-electron chi connectivity index (χ3n) is 5.09. The Labute approximate surface area is 136 Å². The number of sulfonamides is 1. The fraction of sp³-hybridized carbons (Fsp3) is 0.562. The predicted molar refractivity (Wildman–Crippen MR) is 86.6 cm³/mol. The number of hydrogen-bond donors (Lipinski definition) is 2. The molecule has 7 heteroatoms. The SMILES string of the molecule is COc1ccc(NC(=O)CC2CC3CCC2C3)cc1S(N)(=O)=O. The first kappa shape index (κ1) is 16.3. The van der Waals surface area contributed by atoms with Gasteiger partial charge in [0.05, 0.1) is 7.11 Å². The molecule has 2 aliphatic rings. The third-order valence-corrected chi connectivity index (χ3v) is 6.02. The second-order valence-corrected chi connectivity index (χ2v) is 8.13. The van der Waals surface area contributed by atoms with Crippen LogP contribution in [0.25, 0.3) is 0 Å². The fourth-order valence-electron chi connectivity index (χ4n) is 4.05. The highest BCUT2D eigenvalue weighted by Gasteiger charge is 2.40. The van der Waals surface area contributed by atoms with E-state index in [-0.39, 0.29) is 16.6 Å². The van der Waals surface area contributed by atoms with Gasteiger partial charge in [-0.1, -0.05) is 6.42 Å². The number of nitrogens with two attached hydrogens (primary N) is 1. The van der Waals surface area contributed by atoms with E-state index in [0.717, 1.165) is 12.3 Å². The van der Waals surface area contributed by atoms with Gasteiger partial charge in [-0.25, -0.2) is 13.6 Å². The van der Waals surface area contributed by atoms with Gasteiger partial charge in [0.2, 0.25) is 15.9 Å². The number of ether oxygens (including phenoxy) is 1. The summed E-state index contributed by atoms with van der Waals surface area (Å²) in [4.78, 5) is 12.1. The normalized spacial score (nSPS) is 26.3. The minimum Gasteiger partial charge on any atom is -0.495 e. The highest BCUT2D eigenvalue weighted by Crippen LogP contribution is 2.49. The van der Waals surface area contributed by atoms with Gasteiger partial charge < -0.3 is 10.1 Å². The molecule has 1 aromatic rings. The molecule has 2 bridgehead atoms. The molecule has 0 spiro atoms. The van der Waals surface area contributed by atoms with Crippen LogP contribution in [0, 0.1) is 17.8 Å². The molecule has 3 atom stereocenters. The molecule has 0 aliphatic heterocycles. The number of amides is 1. The number of carbonyl (C=O) groups excluding carboxylic acids is 1. The highest BCUT2D eigenvalue weighted by molar-refractivity contribution is 7.89. The minimum absolute atomic E-state index is 0.0758. The maximum Gasteiger partial charge on any atom is 0.241 e. The lowest BCUT2D eigenvalue weighted by Gasteiger charge is -2.21. The molecule has 3 N–H and O–H groups in total. The first-order chi connectivity index (χ1) is 10.9. The van der Waals surface area contributed by atoms with Crippen LogP contribution in [0.4, 0.5) is 5.69 Å². The summed E-state index contributed by atoms with van der Waals surface area (Å²) >= 11 is 0. The number of nitrogens with one attached hydrogen (secondary N) is 1. The number of fused-ring (bicyclic) bond motifs is 2. The first-order valence-electron chi connectivity index (χ1n) is 7.87. The molecule has 0 radical (unpaired) electrons. The summed E-state index contributed by atoms with van der Waals surface area (Å²) in [5, 5.41) is 7.96. The van der Waals surface area contributed by atoms with E-state index in [9.17, 15) is 13.2 Å². The molecular weight excluding hydrogens is 316 g/mol. The number of hydrogen-bond acceptors (Lipinski definition) is 4. The summed E-state index contributed by atoms with van der Waals surface area (Å²) < 4.78 is 28.2.